The number of carbonyl (C=O) groups excluding carboxylic acids is 1. The smallest absolute Gasteiger partial charge is 0.220 e. The van der Waals surface area contributed by atoms with E-state index in [0.29, 0.717) is 12.3 Å². The molecular formula is C15H21FN2O3. The number of nitrogens with two attached hydrogens (primary N) is 1. The van der Waals surface area contributed by atoms with E-state index in [1.807, 2.05) is 0 Å². The van der Waals surface area contributed by atoms with Gasteiger partial charge in [0.15, 0.2) is 0 Å². The number of aliphatic hydroxyl groups excluding tert-OH is 1. The van der Waals surface area contributed by atoms with E-state index in [0.717, 1.165) is 25.9 Å². The van der Waals surface area contributed by atoms with Crippen LogP contribution in [-0.4, -0.2) is 48.3 Å². The number of ether oxygens (including phenoxy) is 1. The number of nitrogens with zero attached hydrogens (tertiary/aromatic N) is 1. The molecule has 1 aliphatic heterocycles. The van der Waals surface area contributed by atoms with Gasteiger partial charge < -0.3 is 20.5 Å². The number of benzene rings is 1. The molecule has 116 valence electrons. The Kier molecular flexibility index (Phi) is 5.52. The minimum atomic E-state index is -0.625. The number of likely N-dealkylation sites (tertiary alicyclic amines) is 1. The van der Waals surface area contributed by atoms with E-state index < -0.39 is 6.10 Å². The van der Waals surface area contributed by atoms with Gasteiger partial charge in [-0.1, -0.05) is 0 Å². The monoisotopic (exact) mass is 296 g/mol. The molecule has 3 N–H and O–H groups in total. The Morgan fingerprint density at radius 3 is 2.57 bits per heavy atom. The molecule has 0 saturated carbocycles. The Balaban J connectivity index is 1.69. The zero-order valence-electron chi connectivity index (χ0n) is 11.9. The molecule has 1 atom stereocenters. The van der Waals surface area contributed by atoms with E-state index >= 15 is 0 Å². The number of amides is 1. The van der Waals surface area contributed by atoms with Crippen LogP contribution in [0.4, 0.5) is 4.39 Å². The first-order chi connectivity index (χ1) is 10.0. The van der Waals surface area contributed by atoms with Gasteiger partial charge in [-0.25, -0.2) is 4.39 Å². The Morgan fingerprint density at radius 1 is 1.38 bits per heavy atom. The number of piperidine rings is 1. The topological polar surface area (TPSA) is 75.8 Å². The van der Waals surface area contributed by atoms with Crippen molar-refractivity contribution >= 4 is 5.91 Å². The van der Waals surface area contributed by atoms with Crippen molar-refractivity contribution in [1.29, 1.82) is 0 Å². The van der Waals surface area contributed by atoms with E-state index in [1.165, 1.54) is 24.3 Å². The molecule has 5 nitrogen and oxygen atoms in total. The Bertz CT molecular complexity index is 458. The predicted octanol–water partition coefficient (Wildman–Crippen LogP) is 0.763. The van der Waals surface area contributed by atoms with Crippen LogP contribution in [0.25, 0.3) is 0 Å². The second-order valence-electron chi connectivity index (χ2n) is 5.40. The molecule has 0 aliphatic carbocycles. The van der Waals surface area contributed by atoms with Crippen molar-refractivity contribution in [2.75, 3.05) is 26.2 Å². The van der Waals surface area contributed by atoms with Crippen LogP contribution in [0, 0.1) is 11.7 Å². The summed E-state index contributed by atoms with van der Waals surface area (Å²) in [7, 11) is 0. The highest BCUT2D eigenvalue weighted by atomic mass is 19.1. The third kappa shape index (κ3) is 4.99. The van der Waals surface area contributed by atoms with Crippen LogP contribution in [-0.2, 0) is 4.79 Å². The molecule has 21 heavy (non-hydrogen) atoms. The van der Waals surface area contributed by atoms with E-state index in [4.69, 9.17) is 10.5 Å². The summed E-state index contributed by atoms with van der Waals surface area (Å²) in [5.74, 6) is -0.0770. The van der Waals surface area contributed by atoms with Gasteiger partial charge in [-0.3, -0.25) is 4.79 Å². The Labute approximate surface area is 123 Å². The number of carbonyl (C=O) groups is 1. The highest BCUT2D eigenvalue weighted by Gasteiger charge is 2.24. The fraction of sp³-hybridized carbons (Fsp3) is 0.533. The first kappa shape index (κ1) is 15.7. The maximum Gasteiger partial charge on any atom is 0.220 e. The van der Waals surface area contributed by atoms with Crippen LogP contribution in [0.3, 0.4) is 0 Å². The van der Waals surface area contributed by atoms with Gasteiger partial charge in [-0.05, 0) is 50.2 Å². The summed E-state index contributed by atoms with van der Waals surface area (Å²) in [6.07, 6.45) is 0.849. The van der Waals surface area contributed by atoms with Crippen molar-refractivity contribution < 1.29 is 19.0 Å². The van der Waals surface area contributed by atoms with Crippen molar-refractivity contribution in [2.45, 2.75) is 18.9 Å². The minimum Gasteiger partial charge on any atom is -0.491 e. The molecule has 0 aromatic heterocycles. The average Bonchev–Trinajstić information content (AvgIpc) is 2.47. The first-order valence-corrected chi connectivity index (χ1v) is 7.12. The predicted molar refractivity (Wildman–Crippen MR) is 76.3 cm³/mol. The fourth-order valence-electron chi connectivity index (χ4n) is 2.47. The van der Waals surface area contributed by atoms with Gasteiger partial charge in [0.2, 0.25) is 5.91 Å². The molecule has 0 bridgehead atoms. The lowest BCUT2D eigenvalue weighted by Gasteiger charge is -2.31. The molecular weight excluding hydrogens is 275 g/mol. The number of hydrogen-bond donors (Lipinski definition) is 2. The SMILES string of the molecule is NC(=O)C1CCN(CC(O)COc2ccc(F)cc2)CC1. The van der Waals surface area contributed by atoms with Crippen molar-refractivity contribution in [3.63, 3.8) is 0 Å². The molecule has 2 rings (SSSR count). The summed E-state index contributed by atoms with van der Waals surface area (Å²) in [4.78, 5) is 13.2. The van der Waals surface area contributed by atoms with Gasteiger partial charge in [-0.2, -0.15) is 0 Å². The van der Waals surface area contributed by atoms with E-state index in [-0.39, 0.29) is 24.2 Å². The molecule has 1 saturated heterocycles. The normalized spacial score (nSPS) is 18.4. The van der Waals surface area contributed by atoms with Crippen LogP contribution >= 0.6 is 0 Å². The van der Waals surface area contributed by atoms with Crippen molar-refractivity contribution in [3.05, 3.63) is 30.1 Å². The van der Waals surface area contributed by atoms with E-state index in [1.54, 1.807) is 0 Å². The van der Waals surface area contributed by atoms with Crippen LogP contribution in [0.5, 0.6) is 5.75 Å². The number of hydrogen-bond acceptors (Lipinski definition) is 4. The van der Waals surface area contributed by atoms with Gasteiger partial charge in [0.05, 0.1) is 0 Å². The number of aliphatic hydroxyl groups is 1. The standard InChI is InChI=1S/C15H21FN2O3/c16-12-1-3-14(4-2-12)21-10-13(19)9-18-7-5-11(6-8-18)15(17)20/h1-4,11,13,19H,5-10H2,(H2,17,20). The van der Waals surface area contributed by atoms with Crippen molar-refractivity contribution in [1.82, 2.24) is 4.90 Å². The lowest BCUT2D eigenvalue weighted by molar-refractivity contribution is -0.123. The zero-order chi connectivity index (χ0) is 15.2. The van der Waals surface area contributed by atoms with Gasteiger partial charge in [0.25, 0.3) is 0 Å². The van der Waals surface area contributed by atoms with E-state index in [9.17, 15) is 14.3 Å². The second-order valence-corrected chi connectivity index (χ2v) is 5.40. The van der Waals surface area contributed by atoms with Crippen LogP contribution < -0.4 is 10.5 Å². The maximum atomic E-state index is 12.7. The molecule has 1 aliphatic rings. The van der Waals surface area contributed by atoms with Crippen molar-refractivity contribution in [2.24, 2.45) is 11.7 Å². The quantitative estimate of drug-likeness (QED) is 0.813. The summed E-state index contributed by atoms with van der Waals surface area (Å²) in [5.41, 5.74) is 5.28. The molecule has 1 heterocycles. The van der Waals surface area contributed by atoms with Gasteiger partial charge in [-0.15, -0.1) is 0 Å². The fourth-order valence-corrected chi connectivity index (χ4v) is 2.47. The van der Waals surface area contributed by atoms with E-state index in [2.05, 4.69) is 4.90 Å². The van der Waals surface area contributed by atoms with Gasteiger partial charge in [0.1, 0.15) is 24.3 Å². The molecule has 1 fully saturated rings. The van der Waals surface area contributed by atoms with Crippen molar-refractivity contribution in [3.8, 4) is 5.75 Å². The summed E-state index contributed by atoms with van der Waals surface area (Å²) >= 11 is 0. The largest absolute Gasteiger partial charge is 0.491 e. The molecule has 0 radical (unpaired) electrons. The summed E-state index contributed by atoms with van der Waals surface area (Å²) in [6.45, 7) is 2.15. The lowest BCUT2D eigenvalue weighted by Crippen LogP contribution is -2.43. The maximum absolute atomic E-state index is 12.7. The van der Waals surface area contributed by atoms with Crippen LogP contribution in [0.15, 0.2) is 24.3 Å². The Morgan fingerprint density at radius 2 is 2.00 bits per heavy atom. The highest BCUT2D eigenvalue weighted by Crippen LogP contribution is 2.17. The van der Waals surface area contributed by atoms with Crippen LogP contribution in [0.2, 0.25) is 0 Å². The molecule has 0 spiro atoms. The summed E-state index contributed by atoms with van der Waals surface area (Å²) < 4.78 is 18.1. The second kappa shape index (κ2) is 7.38. The number of halogens is 1. The number of rotatable bonds is 6. The third-order valence-electron chi connectivity index (χ3n) is 3.71. The first-order valence-electron chi connectivity index (χ1n) is 7.12. The molecule has 1 aromatic carbocycles. The third-order valence-corrected chi connectivity index (χ3v) is 3.71. The number of primary amides is 1. The summed E-state index contributed by atoms with van der Waals surface area (Å²) in [5, 5.41) is 9.96. The summed E-state index contributed by atoms with van der Waals surface area (Å²) in [6, 6.07) is 5.69. The minimum absolute atomic E-state index is 0.0474. The molecule has 6 heteroatoms. The average molecular weight is 296 g/mol. The highest BCUT2D eigenvalue weighted by molar-refractivity contribution is 5.76. The molecule has 1 unspecified atom stereocenters. The molecule has 1 aromatic rings. The van der Waals surface area contributed by atoms with Gasteiger partial charge in [0, 0.05) is 12.5 Å². The lowest BCUT2D eigenvalue weighted by atomic mass is 9.96. The van der Waals surface area contributed by atoms with Crippen LogP contribution in [0.1, 0.15) is 12.8 Å². The molecule has 1 amide bonds. The van der Waals surface area contributed by atoms with Gasteiger partial charge >= 0.3 is 0 Å². The zero-order valence-corrected chi connectivity index (χ0v) is 11.9. The number of β-amino-alcohol motifs (C(OH)–C–C–N with tert-alkyl or cyclic N) is 1. The Hall–Kier alpha value is -1.66.